The third-order valence-electron chi connectivity index (χ3n) is 5.51. The Morgan fingerprint density at radius 1 is 1.03 bits per heavy atom. The van der Waals surface area contributed by atoms with E-state index in [-0.39, 0.29) is 16.2 Å². The number of nitrogens with zero attached hydrogens (tertiary/aromatic N) is 4. The standard InChI is InChI=1S/C23H28ClN7O3S/c1-4-31(5-2)20-13-12-19(22(28-20)34-3)27-23-25-14-16(24)21(29-23)26-17-8-6-7-9-18(17)30-35(32,33)15-10-11-15/h6-9,12-15,30H,4-5,10-11H2,1-3H3,(H2,25,26,27,29). The largest absolute Gasteiger partial charge is 0.479 e. The monoisotopic (exact) mass is 517 g/mol. The van der Waals surface area contributed by atoms with E-state index in [4.69, 9.17) is 16.3 Å². The molecule has 10 nitrogen and oxygen atoms in total. The van der Waals surface area contributed by atoms with Crippen LogP contribution in [0.15, 0.2) is 42.6 Å². The summed E-state index contributed by atoms with van der Waals surface area (Å²) in [6.45, 7) is 5.78. The molecule has 0 amide bonds. The van der Waals surface area contributed by atoms with E-state index < -0.39 is 10.0 Å². The summed E-state index contributed by atoms with van der Waals surface area (Å²) in [5.41, 5.74) is 1.53. The first kappa shape index (κ1) is 24.8. The molecule has 12 heteroatoms. The number of methoxy groups -OCH3 is 1. The van der Waals surface area contributed by atoms with Crippen LogP contribution in [0.1, 0.15) is 26.7 Å². The molecule has 1 aliphatic rings. The van der Waals surface area contributed by atoms with Crippen LogP contribution < -0.4 is 25.0 Å². The molecule has 0 aliphatic heterocycles. The van der Waals surface area contributed by atoms with Crippen LogP contribution in [-0.2, 0) is 10.0 Å². The number of pyridine rings is 1. The SMILES string of the molecule is CCN(CC)c1ccc(Nc2ncc(Cl)c(Nc3ccccc3NS(=O)(=O)C3CC3)n2)c(OC)n1. The summed E-state index contributed by atoms with van der Waals surface area (Å²) < 4.78 is 33.0. The number of rotatable bonds is 11. The van der Waals surface area contributed by atoms with Gasteiger partial charge in [-0.2, -0.15) is 9.97 Å². The molecule has 3 N–H and O–H groups in total. The van der Waals surface area contributed by atoms with E-state index in [1.165, 1.54) is 6.20 Å². The van der Waals surface area contributed by atoms with Crippen molar-refractivity contribution >= 4 is 56.3 Å². The average molecular weight is 518 g/mol. The Labute approximate surface area is 210 Å². The summed E-state index contributed by atoms with van der Waals surface area (Å²) in [5, 5.41) is 6.16. The van der Waals surface area contributed by atoms with Crippen molar-refractivity contribution in [1.29, 1.82) is 0 Å². The molecule has 2 aromatic heterocycles. The third kappa shape index (κ3) is 5.85. The number of ether oxygens (including phenoxy) is 1. The lowest BCUT2D eigenvalue weighted by atomic mass is 10.2. The minimum absolute atomic E-state index is 0.267. The zero-order valence-corrected chi connectivity index (χ0v) is 21.3. The van der Waals surface area contributed by atoms with Crippen molar-refractivity contribution in [2.75, 3.05) is 40.5 Å². The number of nitrogens with one attached hydrogen (secondary N) is 3. The van der Waals surface area contributed by atoms with Gasteiger partial charge >= 0.3 is 0 Å². The van der Waals surface area contributed by atoms with Gasteiger partial charge in [-0.1, -0.05) is 23.7 Å². The minimum atomic E-state index is -3.43. The highest BCUT2D eigenvalue weighted by Crippen LogP contribution is 2.34. The number of benzene rings is 1. The zero-order valence-electron chi connectivity index (χ0n) is 19.7. The topological polar surface area (TPSA) is 121 Å². The minimum Gasteiger partial charge on any atom is -0.479 e. The first-order valence-corrected chi connectivity index (χ1v) is 13.2. The van der Waals surface area contributed by atoms with E-state index in [0.717, 1.165) is 18.9 Å². The van der Waals surface area contributed by atoms with Gasteiger partial charge in [0, 0.05) is 13.1 Å². The second-order valence-corrected chi connectivity index (χ2v) is 10.3. The van der Waals surface area contributed by atoms with Crippen LogP contribution in [0.5, 0.6) is 5.88 Å². The normalized spacial score (nSPS) is 13.3. The van der Waals surface area contributed by atoms with Crippen LogP contribution in [0.4, 0.5) is 34.6 Å². The average Bonchev–Trinajstić information content (AvgIpc) is 3.70. The first-order valence-electron chi connectivity index (χ1n) is 11.3. The molecule has 1 aliphatic carbocycles. The highest BCUT2D eigenvalue weighted by Gasteiger charge is 2.36. The van der Waals surface area contributed by atoms with Crippen molar-refractivity contribution < 1.29 is 13.2 Å². The zero-order chi connectivity index (χ0) is 25.0. The molecule has 35 heavy (non-hydrogen) atoms. The van der Waals surface area contributed by atoms with Crippen molar-refractivity contribution in [1.82, 2.24) is 15.0 Å². The van der Waals surface area contributed by atoms with Gasteiger partial charge in [0.15, 0.2) is 5.82 Å². The van der Waals surface area contributed by atoms with Crippen LogP contribution in [-0.4, -0.2) is 48.8 Å². The fourth-order valence-electron chi connectivity index (χ4n) is 3.46. The highest BCUT2D eigenvalue weighted by atomic mass is 35.5. The van der Waals surface area contributed by atoms with E-state index in [9.17, 15) is 8.42 Å². The Balaban J connectivity index is 1.57. The molecular formula is C23H28ClN7O3S. The number of para-hydroxylation sites is 2. The van der Waals surface area contributed by atoms with Crippen LogP contribution in [0.2, 0.25) is 5.02 Å². The molecule has 0 unspecified atom stereocenters. The fraction of sp³-hybridized carbons (Fsp3) is 0.348. The molecule has 0 atom stereocenters. The second kappa shape index (κ2) is 10.5. The summed E-state index contributed by atoms with van der Waals surface area (Å²) in [4.78, 5) is 15.4. The van der Waals surface area contributed by atoms with Crippen LogP contribution in [0, 0.1) is 0 Å². The molecule has 186 valence electrons. The maximum atomic E-state index is 12.4. The first-order chi connectivity index (χ1) is 16.8. The van der Waals surface area contributed by atoms with Crippen LogP contribution in [0.25, 0.3) is 0 Å². The number of aromatic nitrogens is 3. The van der Waals surface area contributed by atoms with Gasteiger partial charge in [-0.25, -0.2) is 13.4 Å². The van der Waals surface area contributed by atoms with Gasteiger partial charge in [0.2, 0.25) is 21.9 Å². The smallest absolute Gasteiger partial charge is 0.239 e. The molecule has 0 saturated heterocycles. The lowest BCUT2D eigenvalue weighted by molar-refractivity contribution is 0.400. The van der Waals surface area contributed by atoms with Gasteiger partial charge in [0.25, 0.3) is 0 Å². The van der Waals surface area contributed by atoms with Gasteiger partial charge in [-0.05, 0) is 51.0 Å². The maximum absolute atomic E-state index is 12.4. The van der Waals surface area contributed by atoms with E-state index in [0.29, 0.717) is 41.6 Å². The Hall–Kier alpha value is -3.31. The number of anilines is 6. The fourth-order valence-corrected chi connectivity index (χ4v) is 5.01. The lowest BCUT2D eigenvalue weighted by Crippen LogP contribution is -2.23. The Morgan fingerprint density at radius 2 is 1.74 bits per heavy atom. The number of halogens is 1. The Kier molecular flexibility index (Phi) is 7.46. The molecule has 1 fully saturated rings. The maximum Gasteiger partial charge on any atom is 0.239 e. The quantitative estimate of drug-likeness (QED) is 0.330. The predicted molar refractivity (Wildman–Crippen MR) is 140 cm³/mol. The summed E-state index contributed by atoms with van der Waals surface area (Å²) in [5.74, 6) is 1.79. The summed E-state index contributed by atoms with van der Waals surface area (Å²) in [6.07, 6.45) is 2.80. The van der Waals surface area contributed by atoms with Gasteiger partial charge in [-0.3, -0.25) is 4.72 Å². The molecule has 0 spiro atoms. The van der Waals surface area contributed by atoms with Gasteiger partial charge in [0.1, 0.15) is 16.5 Å². The third-order valence-corrected chi connectivity index (χ3v) is 7.64. The second-order valence-electron chi connectivity index (χ2n) is 7.93. The van der Waals surface area contributed by atoms with Crippen molar-refractivity contribution in [2.24, 2.45) is 0 Å². The van der Waals surface area contributed by atoms with E-state index in [1.807, 2.05) is 12.1 Å². The molecule has 2 heterocycles. The lowest BCUT2D eigenvalue weighted by Gasteiger charge is -2.21. The molecular weight excluding hydrogens is 490 g/mol. The van der Waals surface area contributed by atoms with Crippen molar-refractivity contribution in [3.63, 3.8) is 0 Å². The number of sulfonamides is 1. The van der Waals surface area contributed by atoms with E-state index in [1.54, 1.807) is 31.4 Å². The molecule has 3 aromatic rings. The van der Waals surface area contributed by atoms with Crippen molar-refractivity contribution in [3.8, 4) is 5.88 Å². The van der Waals surface area contributed by atoms with Gasteiger partial charge in [0.05, 0.1) is 29.9 Å². The van der Waals surface area contributed by atoms with Gasteiger partial charge in [-0.15, -0.1) is 0 Å². The van der Waals surface area contributed by atoms with E-state index >= 15 is 0 Å². The number of hydrogen-bond donors (Lipinski definition) is 3. The molecule has 1 aromatic carbocycles. The van der Waals surface area contributed by atoms with Crippen molar-refractivity contribution in [2.45, 2.75) is 31.9 Å². The van der Waals surface area contributed by atoms with Crippen molar-refractivity contribution in [3.05, 3.63) is 47.6 Å². The molecule has 4 rings (SSSR count). The van der Waals surface area contributed by atoms with Crippen LogP contribution >= 0.6 is 11.6 Å². The molecule has 0 bridgehead atoms. The molecule has 0 radical (unpaired) electrons. The highest BCUT2D eigenvalue weighted by molar-refractivity contribution is 7.93. The summed E-state index contributed by atoms with van der Waals surface area (Å²) in [6, 6.07) is 10.7. The van der Waals surface area contributed by atoms with E-state index in [2.05, 4.69) is 49.1 Å². The van der Waals surface area contributed by atoms with Crippen LogP contribution in [0.3, 0.4) is 0 Å². The Morgan fingerprint density at radius 3 is 2.40 bits per heavy atom. The summed E-state index contributed by atoms with van der Waals surface area (Å²) >= 11 is 6.34. The Bertz CT molecular complexity index is 1300. The summed E-state index contributed by atoms with van der Waals surface area (Å²) in [7, 11) is -1.88. The predicted octanol–water partition coefficient (Wildman–Crippen LogP) is 4.77. The molecule has 1 saturated carbocycles. The number of hydrogen-bond acceptors (Lipinski definition) is 9. The van der Waals surface area contributed by atoms with Gasteiger partial charge < -0.3 is 20.3 Å².